The van der Waals surface area contributed by atoms with Gasteiger partial charge in [0.1, 0.15) is 5.69 Å². The molecule has 3 amide bonds. The molecule has 0 bridgehead atoms. The number of H-pyrrole nitrogens is 1. The van der Waals surface area contributed by atoms with Crippen molar-refractivity contribution in [3.8, 4) is 0 Å². The summed E-state index contributed by atoms with van der Waals surface area (Å²) in [6.45, 7) is 6.66. The molecule has 0 saturated carbocycles. The van der Waals surface area contributed by atoms with Crippen molar-refractivity contribution in [3.05, 3.63) is 58.4 Å². The number of esters is 2. The molecule has 0 aliphatic carbocycles. The first-order valence-electron chi connectivity index (χ1n) is 9.34. The minimum absolute atomic E-state index is 0.0249. The summed E-state index contributed by atoms with van der Waals surface area (Å²) in [5, 5.41) is 4.37. The zero-order valence-corrected chi connectivity index (χ0v) is 17.5. The number of aromatic amines is 1. The molecule has 3 N–H and O–H groups in total. The number of urea groups is 1. The van der Waals surface area contributed by atoms with Crippen molar-refractivity contribution in [1.82, 2.24) is 15.6 Å². The summed E-state index contributed by atoms with van der Waals surface area (Å²) in [4.78, 5) is 52.1. The lowest BCUT2D eigenvalue weighted by molar-refractivity contribution is -0.129. The Balaban J connectivity index is 2.33. The van der Waals surface area contributed by atoms with E-state index in [1.54, 1.807) is 58.0 Å². The van der Waals surface area contributed by atoms with Gasteiger partial charge in [0.15, 0.2) is 0 Å². The lowest BCUT2D eigenvalue weighted by Gasteiger charge is -2.17. The van der Waals surface area contributed by atoms with E-state index in [9.17, 15) is 19.2 Å². The molecule has 0 saturated heterocycles. The quantitative estimate of drug-likeness (QED) is 0.623. The third-order valence-electron chi connectivity index (χ3n) is 4.22. The highest BCUT2D eigenvalue weighted by Gasteiger charge is 2.30. The van der Waals surface area contributed by atoms with Gasteiger partial charge < -0.3 is 19.8 Å². The van der Waals surface area contributed by atoms with Crippen molar-refractivity contribution in [2.24, 2.45) is 0 Å². The van der Waals surface area contributed by atoms with E-state index in [1.165, 1.54) is 7.05 Å². The number of carbonyl (C=O) groups is 4. The number of hydrogen-bond acceptors (Lipinski definition) is 6. The lowest BCUT2D eigenvalue weighted by Crippen LogP contribution is -2.41. The number of aromatic nitrogens is 1. The number of nitrogens with one attached hydrogen (secondary N) is 3. The monoisotopic (exact) mass is 415 g/mol. The predicted octanol–water partition coefficient (Wildman–Crippen LogP) is 2.55. The maximum absolute atomic E-state index is 12.8. The van der Waals surface area contributed by atoms with Crippen LogP contribution in [0.2, 0.25) is 0 Å². The van der Waals surface area contributed by atoms with Gasteiger partial charge in [-0.3, -0.25) is 10.1 Å². The third-order valence-corrected chi connectivity index (χ3v) is 4.22. The highest BCUT2D eigenvalue weighted by molar-refractivity contribution is 6.01. The van der Waals surface area contributed by atoms with E-state index in [1.807, 2.05) is 0 Å². The molecule has 1 atom stereocenters. The molecule has 0 radical (unpaired) electrons. The fourth-order valence-electron chi connectivity index (χ4n) is 2.84. The molecule has 9 heteroatoms. The van der Waals surface area contributed by atoms with Gasteiger partial charge >= 0.3 is 18.0 Å². The van der Waals surface area contributed by atoms with E-state index in [4.69, 9.17) is 9.47 Å². The van der Waals surface area contributed by atoms with Gasteiger partial charge in [-0.2, -0.15) is 0 Å². The standard InChI is InChI=1S/C21H25N3O6/c1-11(2)29-19(26)15-12(3)16(23-13(15)4)20(27)30-17(14-9-7-6-8-10-14)18(25)24-21(28)22-5/h6-11,17,23H,1-5H3,(H2,22,24,25,28)/t17-/m1/s1. The van der Waals surface area contributed by atoms with Crippen LogP contribution in [-0.4, -0.2) is 42.0 Å². The maximum Gasteiger partial charge on any atom is 0.356 e. The van der Waals surface area contributed by atoms with Gasteiger partial charge in [-0.25, -0.2) is 14.4 Å². The highest BCUT2D eigenvalue weighted by atomic mass is 16.6. The van der Waals surface area contributed by atoms with Crippen LogP contribution in [0.4, 0.5) is 4.79 Å². The van der Waals surface area contributed by atoms with Crippen LogP contribution in [0.15, 0.2) is 30.3 Å². The van der Waals surface area contributed by atoms with Gasteiger partial charge in [-0.1, -0.05) is 30.3 Å². The largest absolute Gasteiger partial charge is 0.459 e. The summed E-state index contributed by atoms with van der Waals surface area (Å²) in [7, 11) is 1.36. The summed E-state index contributed by atoms with van der Waals surface area (Å²) < 4.78 is 10.6. The zero-order valence-electron chi connectivity index (χ0n) is 17.5. The number of hydrogen-bond donors (Lipinski definition) is 3. The summed E-state index contributed by atoms with van der Waals surface area (Å²) in [6.07, 6.45) is -1.69. The average Bonchev–Trinajstić information content (AvgIpc) is 3.00. The molecule has 0 unspecified atom stereocenters. The van der Waals surface area contributed by atoms with Crippen LogP contribution in [-0.2, 0) is 14.3 Å². The van der Waals surface area contributed by atoms with Crippen LogP contribution in [0.3, 0.4) is 0 Å². The molecule has 0 aliphatic heterocycles. The maximum atomic E-state index is 12.8. The number of rotatable bonds is 6. The SMILES string of the molecule is CNC(=O)NC(=O)[C@H](OC(=O)c1[nH]c(C)c(C(=O)OC(C)C)c1C)c1ccccc1. The first-order chi connectivity index (χ1) is 14.1. The van der Waals surface area contributed by atoms with Crippen molar-refractivity contribution in [2.45, 2.75) is 39.9 Å². The first kappa shape index (κ1) is 22.7. The molecule has 1 aromatic heterocycles. The van der Waals surface area contributed by atoms with Crippen molar-refractivity contribution in [3.63, 3.8) is 0 Å². The number of carbonyl (C=O) groups excluding carboxylic acids is 4. The second kappa shape index (κ2) is 9.73. The molecule has 30 heavy (non-hydrogen) atoms. The molecule has 9 nitrogen and oxygen atoms in total. The first-order valence-corrected chi connectivity index (χ1v) is 9.34. The molecular weight excluding hydrogens is 390 g/mol. The van der Waals surface area contributed by atoms with Gasteiger partial charge in [-0.05, 0) is 33.3 Å². The number of amides is 3. The molecule has 2 rings (SSSR count). The smallest absolute Gasteiger partial charge is 0.356 e. The Morgan fingerprint density at radius 3 is 2.17 bits per heavy atom. The fourth-order valence-corrected chi connectivity index (χ4v) is 2.84. The van der Waals surface area contributed by atoms with Crippen molar-refractivity contribution in [2.75, 3.05) is 7.05 Å². The normalized spacial score (nSPS) is 11.5. The zero-order chi connectivity index (χ0) is 22.4. The summed E-state index contributed by atoms with van der Waals surface area (Å²) in [6, 6.07) is 7.55. The van der Waals surface area contributed by atoms with Gasteiger partial charge in [0.2, 0.25) is 6.10 Å². The van der Waals surface area contributed by atoms with Crippen LogP contribution >= 0.6 is 0 Å². The molecule has 160 valence electrons. The predicted molar refractivity (Wildman–Crippen MR) is 108 cm³/mol. The molecule has 1 heterocycles. The minimum atomic E-state index is -1.37. The van der Waals surface area contributed by atoms with E-state index in [0.29, 0.717) is 16.8 Å². The van der Waals surface area contributed by atoms with Crippen LogP contribution < -0.4 is 10.6 Å². The Hall–Kier alpha value is -3.62. The molecule has 0 spiro atoms. The summed E-state index contributed by atoms with van der Waals surface area (Å²) >= 11 is 0. The van der Waals surface area contributed by atoms with E-state index in [0.717, 1.165) is 0 Å². The number of aryl methyl sites for hydroxylation is 1. The number of imide groups is 1. The van der Waals surface area contributed by atoms with E-state index in [-0.39, 0.29) is 17.4 Å². The minimum Gasteiger partial charge on any atom is -0.459 e. The van der Waals surface area contributed by atoms with Crippen molar-refractivity contribution < 1.29 is 28.7 Å². The van der Waals surface area contributed by atoms with E-state index >= 15 is 0 Å². The highest BCUT2D eigenvalue weighted by Crippen LogP contribution is 2.24. The Bertz CT molecular complexity index is 949. The Labute approximate surface area is 174 Å². The van der Waals surface area contributed by atoms with Crippen LogP contribution in [0.5, 0.6) is 0 Å². The van der Waals surface area contributed by atoms with Crippen molar-refractivity contribution in [1.29, 1.82) is 0 Å². The Morgan fingerprint density at radius 2 is 1.60 bits per heavy atom. The fraction of sp³-hybridized carbons (Fsp3) is 0.333. The third kappa shape index (κ3) is 5.25. The second-order valence-corrected chi connectivity index (χ2v) is 6.84. The van der Waals surface area contributed by atoms with Crippen LogP contribution in [0.25, 0.3) is 0 Å². The van der Waals surface area contributed by atoms with Gasteiger partial charge in [-0.15, -0.1) is 0 Å². The lowest BCUT2D eigenvalue weighted by atomic mass is 10.1. The molecule has 0 aliphatic rings. The van der Waals surface area contributed by atoms with Crippen LogP contribution in [0.1, 0.15) is 57.6 Å². The number of ether oxygens (including phenoxy) is 2. The van der Waals surface area contributed by atoms with E-state index in [2.05, 4.69) is 15.6 Å². The number of benzene rings is 1. The molecular formula is C21H25N3O6. The summed E-state index contributed by atoms with van der Waals surface area (Å²) in [5.41, 5.74) is 1.43. The molecule has 0 fully saturated rings. The van der Waals surface area contributed by atoms with Gasteiger partial charge in [0.05, 0.1) is 11.7 Å². The second-order valence-electron chi connectivity index (χ2n) is 6.84. The summed E-state index contributed by atoms with van der Waals surface area (Å²) in [5.74, 6) is -2.22. The molecule has 1 aromatic carbocycles. The van der Waals surface area contributed by atoms with Gasteiger partial charge in [0.25, 0.3) is 5.91 Å². The van der Waals surface area contributed by atoms with Crippen LogP contribution in [0, 0.1) is 13.8 Å². The Morgan fingerprint density at radius 1 is 0.967 bits per heavy atom. The molecule has 2 aromatic rings. The Kier molecular flexibility index (Phi) is 7.35. The van der Waals surface area contributed by atoms with Gasteiger partial charge in [0, 0.05) is 18.3 Å². The van der Waals surface area contributed by atoms with E-state index < -0.39 is 30.0 Å². The average molecular weight is 415 g/mol. The topological polar surface area (TPSA) is 127 Å². The van der Waals surface area contributed by atoms with Crippen molar-refractivity contribution >= 4 is 23.9 Å².